The summed E-state index contributed by atoms with van der Waals surface area (Å²) in [7, 11) is 0. The molecule has 0 atom stereocenters. The van der Waals surface area contributed by atoms with E-state index < -0.39 is 5.97 Å². The van der Waals surface area contributed by atoms with Crippen molar-refractivity contribution in [3.8, 4) is 5.69 Å². The fourth-order valence-electron chi connectivity index (χ4n) is 3.71. The fraction of sp³-hybridized carbons (Fsp3) is 0.261. The maximum Gasteiger partial charge on any atom is 0.343 e. The number of carbonyl (C=O) groups is 2. The number of aromatic nitrogens is 2. The highest BCUT2D eigenvalue weighted by Crippen LogP contribution is 2.27. The van der Waals surface area contributed by atoms with Crippen LogP contribution in [0.1, 0.15) is 29.3 Å². The second-order valence-electron chi connectivity index (χ2n) is 7.08. The fourth-order valence-corrected chi connectivity index (χ4v) is 3.71. The van der Waals surface area contributed by atoms with Crippen molar-refractivity contribution in [2.75, 3.05) is 29.9 Å². The zero-order valence-electron chi connectivity index (χ0n) is 16.9. The van der Waals surface area contributed by atoms with E-state index in [2.05, 4.69) is 21.4 Å². The van der Waals surface area contributed by atoms with Gasteiger partial charge in [-0.3, -0.25) is 4.79 Å². The van der Waals surface area contributed by atoms with Crippen LogP contribution in [-0.2, 0) is 16.0 Å². The van der Waals surface area contributed by atoms with Gasteiger partial charge in [-0.2, -0.15) is 5.10 Å². The second kappa shape index (κ2) is 8.82. The van der Waals surface area contributed by atoms with Gasteiger partial charge in [0.05, 0.1) is 25.0 Å². The lowest BCUT2D eigenvalue weighted by atomic mass is 10.0. The predicted molar refractivity (Wildman–Crippen MR) is 115 cm³/mol. The Kier molecular flexibility index (Phi) is 5.79. The van der Waals surface area contributed by atoms with Crippen LogP contribution in [0.15, 0.2) is 60.8 Å². The molecule has 2 aromatic carbocycles. The van der Waals surface area contributed by atoms with Crippen LogP contribution in [0.4, 0.5) is 11.5 Å². The molecule has 0 spiro atoms. The van der Waals surface area contributed by atoms with Gasteiger partial charge < -0.3 is 15.0 Å². The molecule has 3 aromatic rings. The number of para-hydroxylation sites is 2. The molecule has 1 aliphatic rings. The van der Waals surface area contributed by atoms with Crippen molar-refractivity contribution >= 4 is 23.4 Å². The summed E-state index contributed by atoms with van der Waals surface area (Å²) in [6, 6.07) is 17.5. The minimum Gasteiger partial charge on any atom is -0.462 e. The number of aryl methyl sites for hydroxylation is 1. The zero-order chi connectivity index (χ0) is 20.9. The van der Waals surface area contributed by atoms with Crippen molar-refractivity contribution in [1.29, 1.82) is 0 Å². The molecule has 1 amide bonds. The van der Waals surface area contributed by atoms with Crippen LogP contribution in [0.3, 0.4) is 0 Å². The normalized spacial score (nSPS) is 12.9. The van der Waals surface area contributed by atoms with Crippen molar-refractivity contribution < 1.29 is 14.3 Å². The monoisotopic (exact) mass is 404 g/mol. The molecule has 1 N–H and O–H groups in total. The van der Waals surface area contributed by atoms with Crippen LogP contribution in [0.5, 0.6) is 0 Å². The van der Waals surface area contributed by atoms with E-state index in [4.69, 9.17) is 4.74 Å². The van der Waals surface area contributed by atoms with Gasteiger partial charge in [-0.05, 0) is 43.5 Å². The number of amides is 1. The third kappa shape index (κ3) is 4.05. The highest BCUT2D eigenvalue weighted by Gasteiger charge is 2.24. The number of carbonyl (C=O) groups excluding carboxylic acids is 2. The average molecular weight is 404 g/mol. The number of hydrogen-bond donors (Lipinski definition) is 1. The van der Waals surface area contributed by atoms with Gasteiger partial charge in [0.1, 0.15) is 5.56 Å². The van der Waals surface area contributed by atoms with E-state index in [1.165, 1.54) is 11.8 Å². The molecule has 0 saturated heterocycles. The summed E-state index contributed by atoms with van der Waals surface area (Å²) in [6.45, 7) is 2.99. The van der Waals surface area contributed by atoms with Crippen LogP contribution >= 0.6 is 0 Å². The molecule has 0 bridgehead atoms. The number of hydrogen-bond acceptors (Lipinski definition) is 5. The quantitative estimate of drug-likeness (QED) is 0.637. The summed E-state index contributed by atoms with van der Waals surface area (Å²) >= 11 is 0. The molecule has 30 heavy (non-hydrogen) atoms. The van der Waals surface area contributed by atoms with E-state index in [-0.39, 0.29) is 24.6 Å². The Morgan fingerprint density at radius 1 is 1.10 bits per heavy atom. The SMILES string of the molecule is CCOC(=O)c1cnn(-c2ccccc2)c1NC(=O)CN1CCCc2ccccc21. The topological polar surface area (TPSA) is 76.5 Å². The Morgan fingerprint density at radius 3 is 2.67 bits per heavy atom. The molecule has 4 rings (SSSR count). The molecule has 7 nitrogen and oxygen atoms in total. The molecule has 0 unspecified atom stereocenters. The van der Waals surface area contributed by atoms with Crippen LogP contribution in [0.25, 0.3) is 5.69 Å². The third-order valence-corrected chi connectivity index (χ3v) is 5.06. The lowest BCUT2D eigenvalue weighted by molar-refractivity contribution is -0.115. The first-order valence-electron chi connectivity index (χ1n) is 10.1. The second-order valence-corrected chi connectivity index (χ2v) is 7.08. The van der Waals surface area contributed by atoms with Gasteiger partial charge in [-0.15, -0.1) is 0 Å². The van der Waals surface area contributed by atoms with Crippen LogP contribution in [0, 0.1) is 0 Å². The summed E-state index contributed by atoms with van der Waals surface area (Å²) in [5.74, 6) is -0.414. The van der Waals surface area contributed by atoms with E-state index in [1.807, 2.05) is 48.5 Å². The summed E-state index contributed by atoms with van der Waals surface area (Å²) in [5, 5.41) is 7.21. The molecule has 0 aliphatic carbocycles. The molecular formula is C23H24N4O3. The van der Waals surface area contributed by atoms with E-state index in [0.29, 0.717) is 5.82 Å². The number of benzene rings is 2. The zero-order valence-corrected chi connectivity index (χ0v) is 16.9. The van der Waals surface area contributed by atoms with Crippen molar-refractivity contribution in [1.82, 2.24) is 9.78 Å². The van der Waals surface area contributed by atoms with Crippen LogP contribution in [0.2, 0.25) is 0 Å². The molecule has 1 aromatic heterocycles. The van der Waals surface area contributed by atoms with Gasteiger partial charge in [0.25, 0.3) is 0 Å². The van der Waals surface area contributed by atoms with Crippen molar-refractivity contribution in [3.63, 3.8) is 0 Å². The smallest absolute Gasteiger partial charge is 0.343 e. The first kappa shape index (κ1) is 19.7. The maximum absolute atomic E-state index is 13.0. The largest absolute Gasteiger partial charge is 0.462 e. The number of ether oxygens (including phenoxy) is 1. The highest BCUT2D eigenvalue weighted by atomic mass is 16.5. The average Bonchev–Trinajstić information content (AvgIpc) is 3.18. The van der Waals surface area contributed by atoms with Crippen LogP contribution in [-0.4, -0.2) is 41.4 Å². The number of nitrogens with one attached hydrogen (secondary N) is 1. The van der Waals surface area contributed by atoms with Gasteiger partial charge in [-0.1, -0.05) is 36.4 Å². The van der Waals surface area contributed by atoms with Crippen molar-refractivity contribution in [2.24, 2.45) is 0 Å². The lowest BCUT2D eigenvalue weighted by Gasteiger charge is -2.30. The number of rotatable bonds is 6. The molecule has 0 fully saturated rings. The van der Waals surface area contributed by atoms with Crippen molar-refractivity contribution in [3.05, 3.63) is 71.9 Å². The van der Waals surface area contributed by atoms with Gasteiger partial charge in [0.2, 0.25) is 5.91 Å². The highest BCUT2D eigenvalue weighted by molar-refractivity contribution is 6.01. The molecule has 154 valence electrons. The molecule has 2 heterocycles. The minimum absolute atomic E-state index is 0.194. The molecule has 1 aliphatic heterocycles. The first-order valence-corrected chi connectivity index (χ1v) is 10.1. The minimum atomic E-state index is -0.515. The van der Waals surface area contributed by atoms with E-state index in [9.17, 15) is 9.59 Å². The number of nitrogens with zero attached hydrogens (tertiary/aromatic N) is 3. The predicted octanol–water partition coefficient (Wildman–Crippen LogP) is 3.44. The molecule has 0 radical (unpaired) electrons. The summed E-state index contributed by atoms with van der Waals surface area (Å²) < 4.78 is 6.69. The van der Waals surface area contributed by atoms with Gasteiger partial charge in [0, 0.05) is 12.2 Å². The Hall–Kier alpha value is -3.61. The van der Waals surface area contributed by atoms with Gasteiger partial charge in [-0.25, -0.2) is 9.48 Å². The number of anilines is 2. The summed E-state index contributed by atoms with van der Waals surface area (Å²) in [5.41, 5.74) is 3.30. The summed E-state index contributed by atoms with van der Waals surface area (Å²) in [6.07, 6.45) is 3.44. The Morgan fingerprint density at radius 2 is 1.87 bits per heavy atom. The first-order chi connectivity index (χ1) is 14.7. The number of fused-ring (bicyclic) bond motifs is 1. The molecule has 7 heteroatoms. The third-order valence-electron chi connectivity index (χ3n) is 5.06. The van der Waals surface area contributed by atoms with Crippen LogP contribution < -0.4 is 10.2 Å². The summed E-state index contributed by atoms with van der Waals surface area (Å²) in [4.78, 5) is 27.4. The van der Waals surface area contributed by atoms with E-state index in [0.717, 1.165) is 30.8 Å². The van der Waals surface area contributed by atoms with Gasteiger partial charge in [0.15, 0.2) is 5.82 Å². The van der Waals surface area contributed by atoms with Crippen molar-refractivity contribution in [2.45, 2.75) is 19.8 Å². The van der Waals surface area contributed by atoms with E-state index in [1.54, 1.807) is 11.6 Å². The maximum atomic E-state index is 13.0. The molecule has 0 saturated carbocycles. The lowest BCUT2D eigenvalue weighted by Crippen LogP contribution is -2.37. The van der Waals surface area contributed by atoms with Gasteiger partial charge >= 0.3 is 5.97 Å². The Balaban J connectivity index is 1.59. The standard InChI is InChI=1S/C23H24N4O3/c1-2-30-23(29)19-15-24-27(18-11-4-3-5-12-18)22(19)25-21(28)16-26-14-8-10-17-9-6-7-13-20(17)26/h3-7,9,11-13,15H,2,8,10,14,16H2,1H3,(H,25,28). The molecular weight excluding hydrogens is 380 g/mol. The number of esters is 1. The van der Waals surface area contributed by atoms with E-state index >= 15 is 0 Å². The Labute approximate surface area is 175 Å². The Bertz CT molecular complexity index is 1050.